The van der Waals surface area contributed by atoms with Crippen LogP contribution in [-0.4, -0.2) is 23.3 Å². The number of aliphatic hydroxyl groups is 1. The summed E-state index contributed by atoms with van der Waals surface area (Å²) in [5.74, 6) is 0. The largest absolute Gasteiger partial charge is 0.394 e. The van der Waals surface area contributed by atoms with Crippen LogP contribution >= 0.6 is 0 Å². The maximum atomic E-state index is 12.1. The summed E-state index contributed by atoms with van der Waals surface area (Å²) in [6.45, 7) is 0.0185. The molecule has 2 aliphatic rings. The molecule has 0 aromatic heterocycles. The van der Waals surface area contributed by atoms with E-state index in [1.165, 1.54) is 17.5 Å². The molecule has 1 aromatic rings. The topological polar surface area (TPSA) is 61.4 Å². The Morgan fingerprint density at radius 3 is 2.65 bits per heavy atom. The Hall–Kier alpha value is -1.55. The SMILES string of the molecule is O=C(Nc1ccc2c(c1)CCC2)NC1(CO)CCCC1. The van der Waals surface area contributed by atoms with Gasteiger partial charge in [-0.15, -0.1) is 0 Å². The van der Waals surface area contributed by atoms with E-state index in [0.717, 1.165) is 44.2 Å². The van der Waals surface area contributed by atoms with Gasteiger partial charge in [0.1, 0.15) is 0 Å². The summed E-state index contributed by atoms with van der Waals surface area (Å²) < 4.78 is 0. The van der Waals surface area contributed by atoms with Gasteiger partial charge in [0.25, 0.3) is 0 Å². The van der Waals surface area contributed by atoms with Crippen LogP contribution < -0.4 is 10.6 Å². The van der Waals surface area contributed by atoms with Gasteiger partial charge in [-0.05, 0) is 55.4 Å². The maximum absolute atomic E-state index is 12.1. The van der Waals surface area contributed by atoms with Crippen molar-refractivity contribution < 1.29 is 9.90 Å². The number of fused-ring (bicyclic) bond motifs is 1. The highest BCUT2D eigenvalue weighted by Gasteiger charge is 2.34. The average Bonchev–Trinajstić information content (AvgIpc) is 3.07. The summed E-state index contributed by atoms with van der Waals surface area (Å²) in [5.41, 5.74) is 3.18. The van der Waals surface area contributed by atoms with Crippen LogP contribution in [0.2, 0.25) is 0 Å². The number of benzene rings is 1. The fraction of sp³-hybridized carbons (Fsp3) is 0.562. The third kappa shape index (κ3) is 2.66. The van der Waals surface area contributed by atoms with Crippen LogP contribution in [0.4, 0.5) is 10.5 Å². The van der Waals surface area contributed by atoms with Gasteiger partial charge in [0.15, 0.2) is 0 Å². The van der Waals surface area contributed by atoms with E-state index < -0.39 is 5.54 Å². The summed E-state index contributed by atoms with van der Waals surface area (Å²) in [6, 6.07) is 5.93. The molecule has 0 bridgehead atoms. The molecule has 4 heteroatoms. The zero-order valence-corrected chi connectivity index (χ0v) is 11.7. The van der Waals surface area contributed by atoms with Gasteiger partial charge < -0.3 is 15.7 Å². The van der Waals surface area contributed by atoms with Gasteiger partial charge in [-0.1, -0.05) is 18.9 Å². The van der Waals surface area contributed by atoms with Crippen LogP contribution in [0, 0.1) is 0 Å². The maximum Gasteiger partial charge on any atom is 0.319 e. The molecular weight excluding hydrogens is 252 g/mol. The minimum Gasteiger partial charge on any atom is -0.394 e. The number of aryl methyl sites for hydroxylation is 2. The Balaban J connectivity index is 1.64. The van der Waals surface area contributed by atoms with Crippen LogP contribution in [0.15, 0.2) is 18.2 Å². The van der Waals surface area contributed by atoms with E-state index in [1.54, 1.807) is 0 Å². The van der Waals surface area contributed by atoms with Crippen LogP contribution in [0.5, 0.6) is 0 Å². The first-order valence-electron chi connectivity index (χ1n) is 7.53. The normalized spacial score (nSPS) is 19.6. The van der Waals surface area contributed by atoms with Crippen molar-refractivity contribution in [1.82, 2.24) is 5.32 Å². The summed E-state index contributed by atoms with van der Waals surface area (Å²) >= 11 is 0. The van der Waals surface area contributed by atoms with Crippen molar-refractivity contribution in [3.05, 3.63) is 29.3 Å². The molecule has 2 amide bonds. The monoisotopic (exact) mass is 274 g/mol. The molecule has 0 aliphatic heterocycles. The Labute approximate surface area is 119 Å². The fourth-order valence-electron chi connectivity index (χ4n) is 3.43. The van der Waals surface area contributed by atoms with Gasteiger partial charge in [0.05, 0.1) is 12.1 Å². The predicted octanol–water partition coefficient (Wildman–Crippen LogP) is 2.60. The van der Waals surface area contributed by atoms with E-state index >= 15 is 0 Å². The molecule has 0 heterocycles. The lowest BCUT2D eigenvalue weighted by Gasteiger charge is -2.28. The van der Waals surface area contributed by atoms with Crippen LogP contribution in [-0.2, 0) is 12.8 Å². The lowest BCUT2D eigenvalue weighted by Crippen LogP contribution is -2.50. The second-order valence-electron chi connectivity index (χ2n) is 6.06. The minimum absolute atomic E-state index is 0.0185. The number of hydrogen-bond donors (Lipinski definition) is 3. The number of nitrogens with one attached hydrogen (secondary N) is 2. The second-order valence-corrected chi connectivity index (χ2v) is 6.06. The molecule has 1 fully saturated rings. The van der Waals surface area contributed by atoms with Crippen molar-refractivity contribution in [3.8, 4) is 0 Å². The molecule has 0 spiro atoms. The van der Waals surface area contributed by atoms with Crippen molar-refractivity contribution in [2.45, 2.75) is 50.5 Å². The van der Waals surface area contributed by atoms with E-state index in [-0.39, 0.29) is 12.6 Å². The minimum atomic E-state index is -0.416. The highest BCUT2D eigenvalue weighted by molar-refractivity contribution is 5.90. The molecule has 4 nitrogen and oxygen atoms in total. The highest BCUT2D eigenvalue weighted by atomic mass is 16.3. The Bertz CT molecular complexity index is 507. The first kappa shape index (κ1) is 13.4. The number of hydrogen-bond acceptors (Lipinski definition) is 2. The van der Waals surface area contributed by atoms with Crippen molar-refractivity contribution in [2.24, 2.45) is 0 Å². The van der Waals surface area contributed by atoms with Crippen LogP contribution in [0.25, 0.3) is 0 Å². The van der Waals surface area contributed by atoms with Crippen molar-refractivity contribution >= 4 is 11.7 Å². The van der Waals surface area contributed by atoms with E-state index in [4.69, 9.17) is 0 Å². The van der Waals surface area contributed by atoms with Gasteiger partial charge in [-0.3, -0.25) is 0 Å². The van der Waals surface area contributed by atoms with E-state index in [9.17, 15) is 9.90 Å². The molecule has 20 heavy (non-hydrogen) atoms. The van der Waals surface area contributed by atoms with Crippen molar-refractivity contribution in [1.29, 1.82) is 0 Å². The summed E-state index contributed by atoms with van der Waals surface area (Å²) in [5, 5.41) is 15.4. The van der Waals surface area contributed by atoms with Crippen molar-refractivity contribution in [3.63, 3.8) is 0 Å². The number of rotatable bonds is 3. The summed E-state index contributed by atoms with van der Waals surface area (Å²) in [7, 11) is 0. The Kier molecular flexibility index (Phi) is 3.66. The number of carbonyl (C=O) groups excluding carboxylic acids is 1. The second kappa shape index (κ2) is 5.44. The van der Waals surface area contributed by atoms with E-state index in [0.29, 0.717) is 0 Å². The number of aliphatic hydroxyl groups excluding tert-OH is 1. The van der Waals surface area contributed by atoms with Gasteiger partial charge >= 0.3 is 6.03 Å². The molecule has 2 aliphatic carbocycles. The molecule has 0 atom stereocenters. The van der Waals surface area contributed by atoms with Gasteiger partial charge in [-0.25, -0.2) is 4.79 Å². The molecule has 1 saturated carbocycles. The third-order valence-corrected chi connectivity index (χ3v) is 4.60. The van der Waals surface area contributed by atoms with Crippen molar-refractivity contribution in [2.75, 3.05) is 11.9 Å². The lowest BCUT2D eigenvalue weighted by molar-refractivity contribution is 0.167. The number of carbonyl (C=O) groups is 1. The molecular formula is C16H22N2O2. The Morgan fingerprint density at radius 1 is 1.15 bits per heavy atom. The molecule has 0 unspecified atom stereocenters. The van der Waals surface area contributed by atoms with E-state index in [2.05, 4.69) is 22.8 Å². The van der Waals surface area contributed by atoms with Crippen LogP contribution in [0.1, 0.15) is 43.2 Å². The zero-order valence-electron chi connectivity index (χ0n) is 11.7. The summed E-state index contributed by atoms with van der Waals surface area (Å²) in [4.78, 5) is 12.1. The Morgan fingerprint density at radius 2 is 1.90 bits per heavy atom. The first-order valence-corrected chi connectivity index (χ1v) is 7.53. The van der Waals surface area contributed by atoms with Gasteiger partial charge in [0.2, 0.25) is 0 Å². The molecule has 0 saturated heterocycles. The highest BCUT2D eigenvalue weighted by Crippen LogP contribution is 2.29. The molecule has 0 radical (unpaired) electrons. The molecule has 3 N–H and O–H groups in total. The molecule has 108 valence electrons. The molecule has 3 rings (SSSR count). The first-order chi connectivity index (χ1) is 9.71. The lowest BCUT2D eigenvalue weighted by atomic mass is 9.99. The number of amides is 2. The molecule has 1 aromatic carbocycles. The predicted molar refractivity (Wildman–Crippen MR) is 78.9 cm³/mol. The number of urea groups is 1. The van der Waals surface area contributed by atoms with E-state index in [1.807, 2.05) is 6.07 Å². The average molecular weight is 274 g/mol. The third-order valence-electron chi connectivity index (χ3n) is 4.60. The van der Waals surface area contributed by atoms with Gasteiger partial charge in [0, 0.05) is 5.69 Å². The standard InChI is InChI=1S/C16H22N2O2/c19-11-16(8-1-2-9-16)18-15(20)17-14-7-6-12-4-3-5-13(12)10-14/h6-7,10,19H,1-5,8-9,11H2,(H2,17,18,20). The summed E-state index contributed by atoms with van der Waals surface area (Å²) in [6.07, 6.45) is 7.32. The smallest absolute Gasteiger partial charge is 0.319 e. The van der Waals surface area contributed by atoms with Crippen LogP contribution in [0.3, 0.4) is 0 Å². The zero-order chi connectivity index (χ0) is 14.0. The number of anilines is 1. The fourth-order valence-corrected chi connectivity index (χ4v) is 3.43. The van der Waals surface area contributed by atoms with Gasteiger partial charge in [-0.2, -0.15) is 0 Å². The quantitative estimate of drug-likeness (QED) is 0.793.